The maximum absolute atomic E-state index is 6.62. The van der Waals surface area contributed by atoms with Crippen LogP contribution >= 0.6 is 23.2 Å². The number of hydrogen-bond acceptors (Lipinski definition) is 0. The van der Waals surface area contributed by atoms with Crippen LogP contribution in [0.3, 0.4) is 0 Å². The van der Waals surface area contributed by atoms with Gasteiger partial charge in [-0.15, -0.1) is 0 Å². The van der Waals surface area contributed by atoms with Crippen LogP contribution in [0.15, 0.2) is 36.4 Å². The minimum atomic E-state index is 0.149. The molecule has 0 amide bonds. The average Bonchev–Trinajstić information content (AvgIpc) is 3.32. The lowest BCUT2D eigenvalue weighted by molar-refractivity contribution is 0.415. The molecule has 2 saturated carbocycles. The van der Waals surface area contributed by atoms with Crippen LogP contribution in [0, 0.1) is 5.92 Å². The summed E-state index contributed by atoms with van der Waals surface area (Å²) in [5.74, 6) is 1.98. The fourth-order valence-corrected chi connectivity index (χ4v) is 5.45. The maximum Gasteiger partial charge on any atom is 0.0441 e. The Morgan fingerprint density at radius 2 is 1.41 bits per heavy atom. The van der Waals surface area contributed by atoms with Crippen molar-refractivity contribution in [1.29, 1.82) is 0 Å². The van der Waals surface area contributed by atoms with Gasteiger partial charge in [-0.05, 0) is 88.7 Å². The van der Waals surface area contributed by atoms with Crippen molar-refractivity contribution in [3.63, 3.8) is 0 Å². The van der Waals surface area contributed by atoms with E-state index in [-0.39, 0.29) is 10.8 Å². The van der Waals surface area contributed by atoms with Crippen molar-refractivity contribution < 1.29 is 0 Å². The first-order chi connectivity index (χ1) is 13.6. The summed E-state index contributed by atoms with van der Waals surface area (Å²) in [5.41, 5.74) is 5.84. The molecule has 0 bridgehead atoms. The molecular formula is C27H34Cl2. The Morgan fingerprint density at radius 1 is 0.828 bits per heavy atom. The molecule has 0 aliphatic heterocycles. The first-order valence-corrected chi connectivity index (χ1v) is 11.9. The van der Waals surface area contributed by atoms with E-state index in [4.69, 9.17) is 23.2 Å². The van der Waals surface area contributed by atoms with Gasteiger partial charge in [-0.1, -0.05) is 88.5 Å². The van der Waals surface area contributed by atoms with Gasteiger partial charge in [0.15, 0.2) is 0 Å². The molecule has 29 heavy (non-hydrogen) atoms. The van der Waals surface area contributed by atoms with E-state index in [1.807, 2.05) is 0 Å². The molecule has 0 nitrogen and oxygen atoms in total. The summed E-state index contributed by atoms with van der Waals surface area (Å²) >= 11 is 13.1. The van der Waals surface area contributed by atoms with E-state index in [1.54, 1.807) is 0 Å². The topological polar surface area (TPSA) is 0 Å². The molecule has 0 saturated heterocycles. The van der Waals surface area contributed by atoms with Crippen LogP contribution in [-0.2, 0) is 10.8 Å². The summed E-state index contributed by atoms with van der Waals surface area (Å²) in [6.07, 6.45) is 6.36. The lowest BCUT2D eigenvalue weighted by Gasteiger charge is -2.31. The minimum Gasteiger partial charge on any atom is -0.0840 e. The molecule has 156 valence electrons. The first kappa shape index (κ1) is 21.3. The third-order valence-corrected chi connectivity index (χ3v) is 7.97. The van der Waals surface area contributed by atoms with Gasteiger partial charge in [0.25, 0.3) is 0 Å². The van der Waals surface area contributed by atoms with Crippen molar-refractivity contribution in [2.75, 3.05) is 0 Å². The van der Waals surface area contributed by atoms with Gasteiger partial charge < -0.3 is 0 Å². The number of halogens is 2. The Kier molecular flexibility index (Phi) is 5.58. The van der Waals surface area contributed by atoms with Gasteiger partial charge in [0.2, 0.25) is 0 Å². The second-order valence-electron chi connectivity index (χ2n) is 11.0. The summed E-state index contributed by atoms with van der Waals surface area (Å²) < 4.78 is 0. The van der Waals surface area contributed by atoms with Crippen LogP contribution in [0.25, 0.3) is 0 Å². The quantitative estimate of drug-likeness (QED) is 0.445. The molecule has 2 aromatic rings. The van der Waals surface area contributed by atoms with E-state index in [2.05, 4.69) is 71.0 Å². The molecule has 2 aliphatic rings. The number of rotatable bonds is 5. The predicted molar refractivity (Wildman–Crippen MR) is 127 cm³/mol. The van der Waals surface area contributed by atoms with Crippen molar-refractivity contribution in [2.45, 2.75) is 89.4 Å². The van der Waals surface area contributed by atoms with Gasteiger partial charge in [0, 0.05) is 10.0 Å². The van der Waals surface area contributed by atoms with Gasteiger partial charge in [0.1, 0.15) is 0 Å². The Hall–Kier alpha value is -0.980. The molecular weight excluding hydrogens is 395 g/mol. The van der Waals surface area contributed by atoms with Gasteiger partial charge in [0.05, 0.1) is 0 Å². The highest BCUT2D eigenvalue weighted by Crippen LogP contribution is 2.55. The summed E-state index contributed by atoms with van der Waals surface area (Å²) in [7, 11) is 0. The summed E-state index contributed by atoms with van der Waals surface area (Å²) in [5, 5.41) is 1.88. The fourth-order valence-electron chi connectivity index (χ4n) is 4.92. The van der Waals surface area contributed by atoms with E-state index in [9.17, 15) is 0 Å². The first-order valence-electron chi connectivity index (χ1n) is 11.2. The van der Waals surface area contributed by atoms with E-state index in [1.165, 1.54) is 54.4 Å². The summed E-state index contributed by atoms with van der Waals surface area (Å²) in [4.78, 5) is 0. The third kappa shape index (κ3) is 4.40. The van der Waals surface area contributed by atoms with E-state index in [0.29, 0.717) is 17.8 Å². The van der Waals surface area contributed by atoms with Gasteiger partial charge in [-0.25, -0.2) is 0 Å². The molecule has 2 aliphatic carbocycles. The molecule has 2 aromatic carbocycles. The Balaban J connectivity index is 1.51. The van der Waals surface area contributed by atoms with Crippen LogP contribution < -0.4 is 0 Å². The van der Waals surface area contributed by atoms with Crippen molar-refractivity contribution in [3.8, 4) is 0 Å². The molecule has 2 heteroatoms. The predicted octanol–water partition coefficient (Wildman–Crippen LogP) is 9.03. The second kappa shape index (κ2) is 7.61. The average molecular weight is 429 g/mol. The summed E-state index contributed by atoms with van der Waals surface area (Å²) in [6, 6.07) is 13.4. The van der Waals surface area contributed by atoms with Crippen LogP contribution in [0.2, 0.25) is 10.0 Å². The van der Waals surface area contributed by atoms with Crippen molar-refractivity contribution in [3.05, 3.63) is 68.7 Å². The van der Waals surface area contributed by atoms with Crippen LogP contribution in [0.4, 0.5) is 0 Å². The van der Waals surface area contributed by atoms with E-state index >= 15 is 0 Å². The highest BCUT2D eigenvalue weighted by Gasteiger charge is 2.43. The molecule has 0 aromatic heterocycles. The summed E-state index contributed by atoms with van der Waals surface area (Å²) in [6.45, 7) is 11.6. The zero-order chi connectivity index (χ0) is 21.0. The van der Waals surface area contributed by atoms with Crippen LogP contribution in [0.5, 0.6) is 0 Å². The molecule has 0 N–H and O–H groups in total. The zero-order valence-corrected chi connectivity index (χ0v) is 20.0. The van der Waals surface area contributed by atoms with Gasteiger partial charge in [-0.3, -0.25) is 0 Å². The fraction of sp³-hybridized carbons (Fsp3) is 0.556. The molecule has 4 rings (SSSR count). The van der Waals surface area contributed by atoms with Crippen molar-refractivity contribution >= 4 is 23.2 Å². The Morgan fingerprint density at radius 3 is 2.00 bits per heavy atom. The van der Waals surface area contributed by atoms with Crippen LogP contribution in [-0.4, -0.2) is 0 Å². The molecule has 2 atom stereocenters. The zero-order valence-electron chi connectivity index (χ0n) is 18.5. The third-order valence-electron chi connectivity index (χ3n) is 7.28. The van der Waals surface area contributed by atoms with E-state index < -0.39 is 0 Å². The molecule has 2 fully saturated rings. The van der Waals surface area contributed by atoms with E-state index in [0.717, 1.165) is 10.0 Å². The SMILES string of the molecule is CC(C)(C)c1ccc(Cl)c(C2CC2CC(C)(C)c2ccc(Cl)c(C3CCC3)c2)c1. The largest absolute Gasteiger partial charge is 0.0840 e. The minimum absolute atomic E-state index is 0.149. The highest BCUT2D eigenvalue weighted by atomic mass is 35.5. The second-order valence-corrected chi connectivity index (χ2v) is 11.9. The highest BCUT2D eigenvalue weighted by molar-refractivity contribution is 6.31. The lowest BCUT2D eigenvalue weighted by atomic mass is 9.75. The molecule has 0 radical (unpaired) electrons. The number of hydrogen-bond donors (Lipinski definition) is 0. The standard InChI is InChI=1S/C27H34Cl2/c1-26(2,3)19-9-11-25(29)23(14-19)21-13-18(21)16-27(4,5)20-10-12-24(28)22(15-20)17-7-6-8-17/h9-12,14-15,17-18,21H,6-8,13,16H2,1-5H3. The van der Waals surface area contributed by atoms with Crippen molar-refractivity contribution in [2.24, 2.45) is 5.92 Å². The molecule has 2 unspecified atom stereocenters. The number of benzene rings is 2. The lowest BCUT2D eigenvalue weighted by Crippen LogP contribution is -2.19. The Labute approximate surface area is 187 Å². The smallest absolute Gasteiger partial charge is 0.0441 e. The van der Waals surface area contributed by atoms with Gasteiger partial charge in [-0.2, -0.15) is 0 Å². The maximum atomic E-state index is 6.62. The van der Waals surface area contributed by atoms with Gasteiger partial charge >= 0.3 is 0 Å². The molecule has 0 heterocycles. The Bertz CT molecular complexity index is 899. The normalized spacial score (nSPS) is 22.4. The van der Waals surface area contributed by atoms with Crippen LogP contribution in [0.1, 0.15) is 101 Å². The van der Waals surface area contributed by atoms with Crippen molar-refractivity contribution in [1.82, 2.24) is 0 Å². The molecule has 0 spiro atoms. The monoisotopic (exact) mass is 428 g/mol.